The van der Waals surface area contributed by atoms with E-state index in [9.17, 15) is 9.59 Å². The van der Waals surface area contributed by atoms with E-state index in [-0.39, 0.29) is 11.5 Å². The Morgan fingerprint density at radius 3 is 2.78 bits per heavy atom. The van der Waals surface area contributed by atoms with Crippen LogP contribution in [0, 0.1) is 0 Å². The van der Waals surface area contributed by atoms with Crippen LogP contribution in [0.25, 0.3) is 10.9 Å². The number of benzene rings is 1. The lowest BCUT2D eigenvalue weighted by Gasteiger charge is -2.34. The third-order valence-electron chi connectivity index (χ3n) is 5.56. The molecular formula is C20H26N4O2S. The summed E-state index contributed by atoms with van der Waals surface area (Å²) >= 11 is 1.79. The van der Waals surface area contributed by atoms with E-state index in [1.54, 1.807) is 11.8 Å². The number of carbonyl (C=O) groups is 1. The van der Waals surface area contributed by atoms with Crippen molar-refractivity contribution in [3.8, 4) is 0 Å². The van der Waals surface area contributed by atoms with Crippen LogP contribution < -0.4 is 11.3 Å². The van der Waals surface area contributed by atoms with Gasteiger partial charge in [0.25, 0.3) is 11.5 Å². The van der Waals surface area contributed by atoms with Crippen molar-refractivity contribution in [1.29, 1.82) is 0 Å². The molecular weight excluding hydrogens is 360 g/mol. The molecule has 2 aliphatic heterocycles. The number of aryl methyl sites for hydroxylation is 1. The molecule has 1 saturated heterocycles. The van der Waals surface area contributed by atoms with Gasteiger partial charge in [-0.1, -0.05) is 0 Å². The van der Waals surface area contributed by atoms with Crippen LogP contribution in [0.5, 0.6) is 0 Å². The fourth-order valence-corrected chi connectivity index (χ4v) is 4.99. The minimum atomic E-state index is 0.0115. The summed E-state index contributed by atoms with van der Waals surface area (Å²) in [6.07, 6.45) is 1.89. The first-order valence-corrected chi connectivity index (χ1v) is 10.8. The van der Waals surface area contributed by atoms with Gasteiger partial charge in [-0.25, -0.2) is 0 Å². The summed E-state index contributed by atoms with van der Waals surface area (Å²) in [5.74, 6) is 1.86. The molecule has 0 saturated carbocycles. The molecule has 1 aromatic heterocycles. The first-order chi connectivity index (χ1) is 13.2. The number of nitrogens with one attached hydrogen (secondary N) is 1. The lowest BCUT2D eigenvalue weighted by Crippen LogP contribution is -2.49. The standard InChI is InChI=1S/C20H26N4O2S/c21-5-1-6-23-7-9-24(10-8-23)20(26)14-2-3-18-16(12-14)15-4-11-27-13-17(15)19(25)22-18/h2-3,12H,1,4-11,13,21H2,(H,22,25). The number of hydrogen-bond donors (Lipinski definition) is 2. The predicted molar refractivity (Wildman–Crippen MR) is 110 cm³/mol. The Hall–Kier alpha value is -1.83. The van der Waals surface area contributed by atoms with Gasteiger partial charge in [0, 0.05) is 54.0 Å². The number of amides is 1. The van der Waals surface area contributed by atoms with E-state index in [1.165, 1.54) is 0 Å². The molecule has 4 rings (SSSR count). The molecule has 0 spiro atoms. The van der Waals surface area contributed by atoms with Crippen LogP contribution in [-0.4, -0.2) is 65.7 Å². The topological polar surface area (TPSA) is 82.4 Å². The molecule has 6 nitrogen and oxygen atoms in total. The number of aromatic nitrogens is 1. The van der Waals surface area contributed by atoms with Crippen molar-refractivity contribution in [2.45, 2.75) is 18.6 Å². The number of piperazine rings is 1. The van der Waals surface area contributed by atoms with Crippen molar-refractivity contribution in [2.75, 3.05) is 45.0 Å². The molecule has 0 unspecified atom stereocenters. The molecule has 1 amide bonds. The number of thioether (sulfide) groups is 1. The van der Waals surface area contributed by atoms with Crippen LogP contribution in [0.1, 0.15) is 27.9 Å². The van der Waals surface area contributed by atoms with Gasteiger partial charge in [0.1, 0.15) is 0 Å². The van der Waals surface area contributed by atoms with E-state index in [0.717, 1.165) is 79.1 Å². The molecule has 144 valence electrons. The lowest BCUT2D eigenvalue weighted by molar-refractivity contribution is 0.0637. The molecule has 3 heterocycles. The number of hydrogen-bond acceptors (Lipinski definition) is 5. The Balaban J connectivity index is 1.56. The smallest absolute Gasteiger partial charge is 0.253 e. The molecule has 0 radical (unpaired) electrons. The van der Waals surface area contributed by atoms with Crippen molar-refractivity contribution >= 4 is 28.6 Å². The van der Waals surface area contributed by atoms with Crippen LogP contribution in [0.2, 0.25) is 0 Å². The number of nitrogens with zero attached hydrogens (tertiary/aromatic N) is 2. The van der Waals surface area contributed by atoms with E-state index in [1.807, 2.05) is 23.1 Å². The first-order valence-electron chi connectivity index (χ1n) is 9.64. The highest BCUT2D eigenvalue weighted by Crippen LogP contribution is 2.28. The quantitative estimate of drug-likeness (QED) is 0.831. The Morgan fingerprint density at radius 2 is 2.00 bits per heavy atom. The number of rotatable bonds is 4. The van der Waals surface area contributed by atoms with Crippen LogP contribution in [0.4, 0.5) is 0 Å². The van der Waals surface area contributed by atoms with E-state index < -0.39 is 0 Å². The third kappa shape index (κ3) is 3.77. The second-order valence-electron chi connectivity index (χ2n) is 7.25. The summed E-state index contributed by atoms with van der Waals surface area (Å²) in [5, 5.41) is 1.03. The number of H-pyrrole nitrogens is 1. The van der Waals surface area contributed by atoms with Gasteiger partial charge < -0.3 is 15.6 Å². The number of carbonyl (C=O) groups excluding carboxylic acids is 1. The maximum Gasteiger partial charge on any atom is 0.253 e. The molecule has 0 atom stereocenters. The minimum absolute atomic E-state index is 0.0115. The SMILES string of the molecule is NCCCN1CCN(C(=O)c2ccc3[nH]c(=O)c4c(c3c2)CCSC4)CC1. The summed E-state index contributed by atoms with van der Waals surface area (Å²) in [5.41, 5.74) is 9.13. The summed E-state index contributed by atoms with van der Waals surface area (Å²) in [6, 6.07) is 5.69. The fraction of sp³-hybridized carbons (Fsp3) is 0.500. The summed E-state index contributed by atoms with van der Waals surface area (Å²) in [7, 11) is 0. The van der Waals surface area contributed by atoms with Crippen LogP contribution in [-0.2, 0) is 12.2 Å². The van der Waals surface area contributed by atoms with Gasteiger partial charge in [-0.2, -0.15) is 11.8 Å². The van der Waals surface area contributed by atoms with Crippen molar-refractivity contribution in [3.05, 3.63) is 45.2 Å². The van der Waals surface area contributed by atoms with E-state index in [0.29, 0.717) is 12.1 Å². The normalized spacial score (nSPS) is 17.9. The molecule has 1 aromatic carbocycles. The Kier molecular flexibility index (Phi) is 5.52. The second kappa shape index (κ2) is 8.04. The van der Waals surface area contributed by atoms with Crippen LogP contribution in [0.15, 0.2) is 23.0 Å². The van der Waals surface area contributed by atoms with Gasteiger partial charge in [-0.3, -0.25) is 14.5 Å². The Morgan fingerprint density at radius 1 is 1.19 bits per heavy atom. The van der Waals surface area contributed by atoms with Gasteiger partial charge in [0.05, 0.1) is 0 Å². The highest BCUT2D eigenvalue weighted by molar-refractivity contribution is 7.98. The van der Waals surface area contributed by atoms with Gasteiger partial charge in [0.15, 0.2) is 0 Å². The second-order valence-corrected chi connectivity index (χ2v) is 8.36. The minimum Gasteiger partial charge on any atom is -0.336 e. The van der Waals surface area contributed by atoms with Crippen molar-refractivity contribution in [2.24, 2.45) is 5.73 Å². The molecule has 7 heteroatoms. The van der Waals surface area contributed by atoms with Crippen molar-refractivity contribution in [3.63, 3.8) is 0 Å². The average Bonchev–Trinajstić information content (AvgIpc) is 2.72. The average molecular weight is 387 g/mol. The highest BCUT2D eigenvalue weighted by atomic mass is 32.2. The van der Waals surface area contributed by atoms with Crippen molar-refractivity contribution < 1.29 is 4.79 Å². The van der Waals surface area contributed by atoms with Gasteiger partial charge in [0.2, 0.25) is 0 Å². The maximum absolute atomic E-state index is 13.0. The number of nitrogens with two attached hydrogens (primary N) is 1. The van der Waals surface area contributed by atoms with Gasteiger partial charge in [-0.05, 0) is 55.4 Å². The molecule has 27 heavy (non-hydrogen) atoms. The van der Waals surface area contributed by atoms with E-state index >= 15 is 0 Å². The van der Waals surface area contributed by atoms with Crippen LogP contribution in [0.3, 0.4) is 0 Å². The fourth-order valence-electron chi connectivity index (χ4n) is 3.99. The zero-order chi connectivity index (χ0) is 18.8. The molecule has 2 aliphatic rings. The van der Waals surface area contributed by atoms with E-state index in [4.69, 9.17) is 5.73 Å². The maximum atomic E-state index is 13.0. The Bertz CT molecular complexity index is 903. The molecule has 0 bridgehead atoms. The molecule has 0 aliphatic carbocycles. The van der Waals surface area contributed by atoms with Crippen molar-refractivity contribution in [1.82, 2.24) is 14.8 Å². The van der Waals surface area contributed by atoms with E-state index in [2.05, 4.69) is 9.88 Å². The zero-order valence-electron chi connectivity index (χ0n) is 15.5. The van der Waals surface area contributed by atoms with Gasteiger partial charge in [-0.15, -0.1) is 0 Å². The Labute approximate surface area is 163 Å². The third-order valence-corrected chi connectivity index (χ3v) is 6.54. The summed E-state index contributed by atoms with van der Waals surface area (Å²) in [6.45, 7) is 5.02. The van der Waals surface area contributed by atoms with Crippen LogP contribution >= 0.6 is 11.8 Å². The molecule has 1 fully saturated rings. The molecule has 3 N–H and O–H groups in total. The largest absolute Gasteiger partial charge is 0.336 e. The predicted octanol–water partition coefficient (Wildman–Crippen LogP) is 1.42. The summed E-state index contributed by atoms with van der Waals surface area (Å²) in [4.78, 5) is 32.6. The summed E-state index contributed by atoms with van der Waals surface area (Å²) < 4.78 is 0. The molecule has 2 aromatic rings. The zero-order valence-corrected chi connectivity index (χ0v) is 16.3. The number of aromatic amines is 1. The highest BCUT2D eigenvalue weighted by Gasteiger charge is 2.23. The monoisotopic (exact) mass is 386 g/mol. The lowest BCUT2D eigenvalue weighted by atomic mass is 9.99. The number of pyridine rings is 1. The van der Waals surface area contributed by atoms with Gasteiger partial charge >= 0.3 is 0 Å². The number of fused-ring (bicyclic) bond motifs is 3. The first kappa shape index (κ1) is 18.5.